The fraction of sp³-hybridized carbons (Fsp3) is 0.111. The van der Waals surface area contributed by atoms with E-state index in [1.165, 1.54) is 7.11 Å². The van der Waals surface area contributed by atoms with Gasteiger partial charge in [-0.05, 0) is 17.7 Å². The lowest BCUT2D eigenvalue weighted by Gasteiger charge is -1.97. The highest BCUT2D eigenvalue weighted by atomic mass is 32.2. The predicted molar refractivity (Wildman–Crippen MR) is 47.8 cm³/mol. The lowest BCUT2D eigenvalue weighted by Crippen LogP contribution is -1.91. The van der Waals surface area contributed by atoms with Crippen LogP contribution >= 0.6 is 0 Å². The third kappa shape index (κ3) is 0.975. The van der Waals surface area contributed by atoms with Crippen LogP contribution in [0.2, 0.25) is 0 Å². The van der Waals surface area contributed by atoms with E-state index < -0.39 is 10.8 Å². The maximum Gasteiger partial charge on any atom is 0.188 e. The van der Waals surface area contributed by atoms with Crippen molar-refractivity contribution in [2.45, 2.75) is 4.90 Å². The molecule has 1 heterocycles. The average molecular weight is 180 g/mol. The molecule has 1 aliphatic rings. The quantitative estimate of drug-likeness (QED) is 0.658. The first kappa shape index (κ1) is 7.55. The van der Waals surface area contributed by atoms with Crippen molar-refractivity contribution in [2.24, 2.45) is 0 Å². The summed E-state index contributed by atoms with van der Waals surface area (Å²) in [5, 5.41) is 0.538. The summed E-state index contributed by atoms with van der Waals surface area (Å²) in [4.78, 5) is 0.842. The summed E-state index contributed by atoms with van der Waals surface area (Å²) in [7, 11) is 0.441. The van der Waals surface area contributed by atoms with E-state index in [9.17, 15) is 4.21 Å². The largest absolute Gasteiger partial charge is 0.488 e. The molecule has 0 aromatic heterocycles. The summed E-state index contributed by atoms with van der Waals surface area (Å²) >= 11 is 0. The second-order valence-corrected chi connectivity index (χ2v) is 3.85. The van der Waals surface area contributed by atoms with Gasteiger partial charge in [-0.25, -0.2) is 4.21 Å². The van der Waals surface area contributed by atoms with E-state index in [1.807, 2.05) is 30.3 Å². The molecule has 0 aliphatic carbocycles. The maximum atomic E-state index is 11.5. The summed E-state index contributed by atoms with van der Waals surface area (Å²) in [5.74, 6) is 0. The molecule has 12 heavy (non-hydrogen) atoms. The topological polar surface area (TPSA) is 26.3 Å². The maximum absolute atomic E-state index is 11.5. The summed E-state index contributed by atoms with van der Waals surface area (Å²) < 4.78 is 16.5. The van der Waals surface area contributed by atoms with Crippen LogP contribution in [0.15, 0.2) is 34.3 Å². The Hall–Kier alpha value is -1.09. The van der Waals surface area contributed by atoms with E-state index in [4.69, 9.17) is 4.74 Å². The van der Waals surface area contributed by atoms with Gasteiger partial charge in [0.15, 0.2) is 5.09 Å². The summed E-state index contributed by atoms with van der Waals surface area (Å²) in [6.07, 6.45) is 1.81. The Balaban J connectivity index is 2.54. The molecule has 0 saturated carbocycles. The molecule has 1 aromatic rings. The van der Waals surface area contributed by atoms with E-state index in [2.05, 4.69) is 0 Å². The number of rotatable bonds is 1. The molecular formula is C9H8O2S. The number of benzene rings is 1. The molecule has 0 bridgehead atoms. The Labute approximate surface area is 73.3 Å². The second-order valence-electron chi connectivity index (χ2n) is 2.47. The first-order chi connectivity index (χ1) is 5.83. The molecule has 0 amide bonds. The Morgan fingerprint density at radius 3 is 2.75 bits per heavy atom. The number of hydrogen-bond acceptors (Lipinski definition) is 2. The second kappa shape index (κ2) is 2.75. The Morgan fingerprint density at radius 1 is 1.33 bits per heavy atom. The number of hydrogen-bond donors (Lipinski definition) is 0. The van der Waals surface area contributed by atoms with Crippen molar-refractivity contribution in [3.8, 4) is 0 Å². The monoisotopic (exact) mass is 180 g/mol. The molecule has 2 rings (SSSR count). The van der Waals surface area contributed by atoms with Gasteiger partial charge in [-0.15, -0.1) is 0 Å². The van der Waals surface area contributed by atoms with Gasteiger partial charge in [0.2, 0.25) is 0 Å². The van der Waals surface area contributed by atoms with Crippen LogP contribution in [0.1, 0.15) is 5.56 Å². The van der Waals surface area contributed by atoms with Crippen molar-refractivity contribution in [2.75, 3.05) is 7.11 Å². The Bertz CT molecular complexity index is 369. The van der Waals surface area contributed by atoms with Crippen LogP contribution in [-0.4, -0.2) is 11.3 Å². The minimum atomic E-state index is -1.10. The fourth-order valence-electron chi connectivity index (χ4n) is 1.19. The molecule has 62 valence electrons. The van der Waals surface area contributed by atoms with Crippen LogP contribution in [0.4, 0.5) is 0 Å². The van der Waals surface area contributed by atoms with Gasteiger partial charge in [-0.3, -0.25) is 0 Å². The molecule has 3 heteroatoms. The third-order valence-corrected chi connectivity index (χ3v) is 3.20. The summed E-state index contributed by atoms with van der Waals surface area (Å²) in [6, 6.07) is 7.58. The first-order valence-electron chi connectivity index (χ1n) is 3.59. The van der Waals surface area contributed by atoms with Gasteiger partial charge in [-0.1, -0.05) is 18.2 Å². The Kier molecular flexibility index (Phi) is 1.73. The van der Waals surface area contributed by atoms with E-state index in [1.54, 1.807) is 0 Å². The normalized spacial score (nSPS) is 20.1. The van der Waals surface area contributed by atoms with E-state index >= 15 is 0 Å². The van der Waals surface area contributed by atoms with Gasteiger partial charge >= 0.3 is 0 Å². The number of ether oxygens (including phenoxy) is 1. The van der Waals surface area contributed by atoms with Crippen LogP contribution in [0, 0.1) is 0 Å². The molecule has 2 nitrogen and oxygen atoms in total. The molecule has 0 fully saturated rings. The van der Waals surface area contributed by atoms with Crippen molar-refractivity contribution in [1.82, 2.24) is 0 Å². The highest BCUT2D eigenvalue weighted by Gasteiger charge is 2.20. The molecule has 0 saturated heterocycles. The first-order valence-corrected chi connectivity index (χ1v) is 4.74. The zero-order chi connectivity index (χ0) is 8.55. The molecule has 1 aliphatic heterocycles. The molecule has 0 N–H and O–H groups in total. The van der Waals surface area contributed by atoms with Crippen LogP contribution < -0.4 is 0 Å². The van der Waals surface area contributed by atoms with E-state index in [0.29, 0.717) is 5.09 Å². The van der Waals surface area contributed by atoms with Crippen molar-refractivity contribution >= 4 is 16.9 Å². The molecule has 1 unspecified atom stereocenters. The van der Waals surface area contributed by atoms with E-state index in [0.717, 1.165) is 10.5 Å². The minimum absolute atomic E-state index is 0.538. The molecule has 0 radical (unpaired) electrons. The Morgan fingerprint density at radius 2 is 2.08 bits per heavy atom. The highest BCUT2D eigenvalue weighted by molar-refractivity contribution is 7.89. The zero-order valence-electron chi connectivity index (χ0n) is 6.61. The van der Waals surface area contributed by atoms with E-state index in [-0.39, 0.29) is 0 Å². The highest BCUT2D eigenvalue weighted by Crippen LogP contribution is 2.28. The number of methoxy groups -OCH3 is 1. The van der Waals surface area contributed by atoms with Crippen LogP contribution in [0.5, 0.6) is 0 Å². The van der Waals surface area contributed by atoms with Gasteiger partial charge in [0.25, 0.3) is 0 Å². The molecule has 0 spiro atoms. The SMILES string of the molecule is COC1=Cc2ccccc2S1=O. The minimum Gasteiger partial charge on any atom is -0.488 e. The van der Waals surface area contributed by atoms with Gasteiger partial charge in [0, 0.05) is 0 Å². The van der Waals surface area contributed by atoms with Crippen molar-refractivity contribution in [3.05, 3.63) is 34.9 Å². The van der Waals surface area contributed by atoms with Crippen molar-refractivity contribution in [3.63, 3.8) is 0 Å². The fourth-order valence-corrected chi connectivity index (χ4v) is 2.34. The van der Waals surface area contributed by atoms with Gasteiger partial charge in [0.1, 0.15) is 10.8 Å². The predicted octanol–water partition coefficient (Wildman–Crippen LogP) is 1.75. The molecule has 1 atom stereocenters. The van der Waals surface area contributed by atoms with Gasteiger partial charge < -0.3 is 4.74 Å². The van der Waals surface area contributed by atoms with Crippen molar-refractivity contribution < 1.29 is 8.95 Å². The van der Waals surface area contributed by atoms with Crippen molar-refractivity contribution in [1.29, 1.82) is 0 Å². The lowest BCUT2D eigenvalue weighted by molar-refractivity contribution is 0.325. The zero-order valence-corrected chi connectivity index (χ0v) is 7.43. The van der Waals surface area contributed by atoms with Gasteiger partial charge in [-0.2, -0.15) is 0 Å². The molecular weight excluding hydrogens is 172 g/mol. The van der Waals surface area contributed by atoms with Crippen LogP contribution in [0.25, 0.3) is 6.08 Å². The lowest BCUT2D eigenvalue weighted by atomic mass is 10.2. The van der Waals surface area contributed by atoms with Crippen LogP contribution in [0.3, 0.4) is 0 Å². The summed E-state index contributed by atoms with van der Waals surface area (Å²) in [5.41, 5.74) is 0.993. The standard InChI is InChI=1S/C9H8O2S/c1-11-9-6-7-4-2-3-5-8(7)12(9)10/h2-6H,1H3. The number of fused-ring (bicyclic) bond motifs is 1. The average Bonchev–Trinajstić information content (AvgIpc) is 2.44. The van der Waals surface area contributed by atoms with Gasteiger partial charge in [0.05, 0.1) is 12.0 Å². The molecule has 1 aromatic carbocycles. The third-order valence-electron chi connectivity index (χ3n) is 1.78. The summed E-state index contributed by atoms with van der Waals surface area (Å²) in [6.45, 7) is 0. The van der Waals surface area contributed by atoms with Crippen LogP contribution in [-0.2, 0) is 15.5 Å². The smallest absolute Gasteiger partial charge is 0.188 e.